The molecule has 0 aliphatic carbocycles. The minimum atomic E-state index is 1.01. The number of fused-ring (bicyclic) bond motifs is 13. The lowest BCUT2D eigenvalue weighted by Gasteiger charge is -2.14. The van der Waals surface area contributed by atoms with E-state index in [1.54, 1.807) is 0 Å². The molecule has 0 radical (unpaired) electrons. The van der Waals surface area contributed by atoms with E-state index in [9.17, 15) is 0 Å². The SMILES string of the molecule is c1ccc2c(c1)ccc1c3cc(-c4ccc(-c5ccc(-c6ccc(-c7cccc8c7ccc7cccnc78)cc6)c6ccccc56)cc4)n4c5ccccc5nc4c3sc21. The smallest absolute Gasteiger partial charge is 0.156 e. The Balaban J connectivity index is 0.902. The minimum Gasteiger partial charge on any atom is -0.291 e. The number of hydrogen-bond donors (Lipinski definition) is 0. The second kappa shape index (κ2) is 12.9. The van der Waals surface area contributed by atoms with Crippen molar-refractivity contribution in [3.8, 4) is 44.6 Å². The fraction of sp³-hybridized carbons (Fsp3) is 0. The fourth-order valence-electron chi connectivity index (χ4n) is 9.60. The molecule has 0 atom stereocenters. The zero-order chi connectivity index (χ0) is 39.3. The van der Waals surface area contributed by atoms with Gasteiger partial charge in [-0.2, -0.15) is 0 Å². The number of aromatic nitrogens is 3. The van der Waals surface area contributed by atoms with Crippen molar-refractivity contribution in [3.63, 3.8) is 0 Å². The lowest BCUT2D eigenvalue weighted by atomic mass is 9.90. The Morgan fingerprint density at radius 2 is 0.967 bits per heavy atom. The normalized spacial score (nSPS) is 12.0. The van der Waals surface area contributed by atoms with Gasteiger partial charge in [0.05, 0.1) is 26.9 Å². The molecule has 0 N–H and O–H groups in total. The third-order valence-corrected chi connectivity index (χ3v) is 13.7. The summed E-state index contributed by atoms with van der Waals surface area (Å²) in [6.07, 6.45) is 1.88. The summed E-state index contributed by atoms with van der Waals surface area (Å²) in [7, 11) is 0. The van der Waals surface area contributed by atoms with Crippen LogP contribution in [0.2, 0.25) is 0 Å². The molecule has 0 spiro atoms. The molecule has 60 heavy (non-hydrogen) atoms. The molecule has 4 heteroatoms. The minimum absolute atomic E-state index is 1.01. The molecular formula is C56H33N3S. The monoisotopic (exact) mass is 779 g/mol. The zero-order valence-electron chi connectivity index (χ0n) is 32.3. The Kier molecular flexibility index (Phi) is 7.18. The van der Waals surface area contributed by atoms with Crippen LogP contribution < -0.4 is 0 Å². The predicted molar refractivity (Wildman–Crippen MR) is 255 cm³/mol. The number of benzene rings is 9. The highest BCUT2D eigenvalue weighted by molar-refractivity contribution is 7.27. The van der Waals surface area contributed by atoms with E-state index >= 15 is 0 Å². The molecule has 278 valence electrons. The van der Waals surface area contributed by atoms with Gasteiger partial charge in [-0.1, -0.05) is 170 Å². The average molecular weight is 780 g/mol. The first kappa shape index (κ1) is 33.3. The van der Waals surface area contributed by atoms with E-state index in [1.165, 1.54) is 85.9 Å². The van der Waals surface area contributed by atoms with E-state index in [4.69, 9.17) is 9.97 Å². The van der Waals surface area contributed by atoms with Gasteiger partial charge < -0.3 is 0 Å². The van der Waals surface area contributed by atoms with Crippen LogP contribution in [0.25, 0.3) is 125 Å². The third-order valence-electron chi connectivity index (χ3n) is 12.5. The number of imidazole rings is 1. The molecule has 0 unspecified atom stereocenters. The standard InChI is InChI=1S/C56H33N3S/c1-2-11-43-34(9-1)26-29-48-49-33-52(59-51-17-6-5-16-50(51)58-56(59)55(49)60-54(43)48)38-24-22-37(23-25-38)42-31-30-41(44-12-3-4-13-45(42)44)36-20-18-35(19-21-36)40-14-7-15-47-46(40)28-27-39-10-8-32-57-53(39)47/h1-33H. The van der Waals surface area contributed by atoms with Crippen molar-refractivity contribution in [2.24, 2.45) is 0 Å². The van der Waals surface area contributed by atoms with Crippen LogP contribution in [0.1, 0.15) is 0 Å². The van der Waals surface area contributed by atoms with Crippen LogP contribution in [0, 0.1) is 0 Å². The molecule has 0 amide bonds. The summed E-state index contributed by atoms with van der Waals surface area (Å²) >= 11 is 1.85. The highest BCUT2D eigenvalue weighted by Crippen LogP contribution is 2.44. The first-order valence-electron chi connectivity index (χ1n) is 20.4. The summed E-state index contributed by atoms with van der Waals surface area (Å²) in [4.78, 5) is 9.96. The quantitative estimate of drug-likeness (QED) is 0.167. The Labute approximate surface area is 349 Å². The fourth-order valence-corrected chi connectivity index (χ4v) is 10.9. The molecule has 13 rings (SSSR count). The van der Waals surface area contributed by atoms with Crippen LogP contribution >= 0.6 is 11.3 Å². The van der Waals surface area contributed by atoms with E-state index < -0.39 is 0 Å². The predicted octanol–water partition coefficient (Wildman–Crippen LogP) is 15.5. The first-order valence-corrected chi connectivity index (χ1v) is 21.2. The lowest BCUT2D eigenvalue weighted by molar-refractivity contribution is 1.25. The van der Waals surface area contributed by atoms with Crippen molar-refractivity contribution < 1.29 is 0 Å². The average Bonchev–Trinajstić information content (AvgIpc) is 3.90. The van der Waals surface area contributed by atoms with Crippen molar-refractivity contribution in [1.82, 2.24) is 14.4 Å². The number of thiophene rings is 1. The number of rotatable bonds is 4. The van der Waals surface area contributed by atoms with Gasteiger partial charge in [-0.05, 0) is 90.1 Å². The molecule has 0 bridgehead atoms. The van der Waals surface area contributed by atoms with E-state index in [-0.39, 0.29) is 0 Å². The van der Waals surface area contributed by atoms with Gasteiger partial charge in [0.2, 0.25) is 0 Å². The van der Waals surface area contributed by atoms with Crippen LogP contribution in [0.3, 0.4) is 0 Å². The Morgan fingerprint density at radius 1 is 0.383 bits per heavy atom. The first-order chi connectivity index (χ1) is 29.7. The maximum absolute atomic E-state index is 5.25. The van der Waals surface area contributed by atoms with Gasteiger partial charge in [-0.3, -0.25) is 9.38 Å². The Bertz CT molecular complexity index is 3880. The second-order valence-electron chi connectivity index (χ2n) is 15.7. The van der Waals surface area contributed by atoms with Gasteiger partial charge in [0.1, 0.15) is 0 Å². The highest BCUT2D eigenvalue weighted by atomic mass is 32.1. The zero-order valence-corrected chi connectivity index (χ0v) is 33.1. The molecule has 13 aromatic rings. The lowest BCUT2D eigenvalue weighted by Crippen LogP contribution is -1.93. The van der Waals surface area contributed by atoms with Gasteiger partial charge >= 0.3 is 0 Å². The number of hydrogen-bond acceptors (Lipinski definition) is 3. The Hall–Kier alpha value is -7.66. The Morgan fingerprint density at radius 3 is 1.73 bits per heavy atom. The number of pyridine rings is 2. The van der Waals surface area contributed by atoms with Crippen molar-refractivity contribution >= 4 is 91.4 Å². The van der Waals surface area contributed by atoms with Gasteiger partial charge in [0.25, 0.3) is 0 Å². The van der Waals surface area contributed by atoms with Gasteiger partial charge in [-0.25, -0.2) is 4.98 Å². The van der Waals surface area contributed by atoms with Crippen LogP contribution in [-0.4, -0.2) is 14.4 Å². The summed E-state index contributed by atoms with van der Waals surface area (Å²) in [5, 5.41) is 11.1. The summed E-state index contributed by atoms with van der Waals surface area (Å²) < 4.78 is 4.89. The van der Waals surface area contributed by atoms with Crippen LogP contribution in [0.15, 0.2) is 200 Å². The van der Waals surface area contributed by atoms with Crippen LogP contribution in [-0.2, 0) is 0 Å². The molecule has 0 aliphatic rings. The summed E-state index contributed by atoms with van der Waals surface area (Å²) in [5.74, 6) is 0. The molecule has 3 nitrogen and oxygen atoms in total. The van der Waals surface area contributed by atoms with Crippen molar-refractivity contribution in [3.05, 3.63) is 200 Å². The molecular weight excluding hydrogens is 747 g/mol. The van der Waals surface area contributed by atoms with E-state index in [2.05, 4.69) is 192 Å². The van der Waals surface area contributed by atoms with Gasteiger partial charge in [0.15, 0.2) is 5.65 Å². The summed E-state index contributed by atoms with van der Waals surface area (Å²) in [6.45, 7) is 0. The molecule has 0 saturated heterocycles. The van der Waals surface area contributed by atoms with Crippen molar-refractivity contribution in [2.45, 2.75) is 0 Å². The van der Waals surface area contributed by atoms with E-state index in [1.807, 2.05) is 23.6 Å². The summed E-state index contributed by atoms with van der Waals surface area (Å²) in [6, 6.07) is 70.7. The largest absolute Gasteiger partial charge is 0.291 e. The number of para-hydroxylation sites is 2. The van der Waals surface area contributed by atoms with Crippen molar-refractivity contribution in [1.29, 1.82) is 0 Å². The molecule has 4 aromatic heterocycles. The molecule has 0 fully saturated rings. The third kappa shape index (κ3) is 4.95. The molecule has 4 heterocycles. The number of nitrogens with zero attached hydrogens (tertiary/aromatic N) is 3. The maximum Gasteiger partial charge on any atom is 0.156 e. The topological polar surface area (TPSA) is 30.2 Å². The van der Waals surface area contributed by atoms with Crippen LogP contribution in [0.4, 0.5) is 0 Å². The molecule has 9 aromatic carbocycles. The highest BCUT2D eigenvalue weighted by Gasteiger charge is 2.19. The molecule has 0 saturated carbocycles. The van der Waals surface area contributed by atoms with Crippen molar-refractivity contribution in [2.75, 3.05) is 0 Å². The maximum atomic E-state index is 5.25. The van der Waals surface area contributed by atoms with E-state index in [0.717, 1.165) is 38.8 Å². The second-order valence-corrected chi connectivity index (χ2v) is 16.7. The van der Waals surface area contributed by atoms with E-state index in [0.29, 0.717) is 0 Å². The van der Waals surface area contributed by atoms with Gasteiger partial charge in [0, 0.05) is 32.4 Å². The summed E-state index contributed by atoms with van der Waals surface area (Å²) in [5.41, 5.74) is 13.7. The van der Waals surface area contributed by atoms with Crippen LogP contribution in [0.5, 0.6) is 0 Å². The van der Waals surface area contributed by atoms with Gasteiger partial charge in [-0.15, -0.1) is 11.3 Å². The molecule has 0 aliphatic heterocycles.